The van der Waals surface area contributed by atoms with Crippen LogP contribution in [-0.4, -0.2) is 29.5 Å². The van der Waals surface area contributed by atoms with Gasteiger partial charge in [-0.1, -0.05) is 0 Å². The molecule has 1 rings (SSSR count). The first-order chi connectivity index (χ1) is 9.04. The first-order valence-corrected chi connectivity index (χ1v) is 7.56. The lowest BCUT2D eigenvalue weighted by Crippen LogP contribution is -2.06. The number of hydrogen-bond acceptors (Lipinski definition) is 6. The quantitative estimate of drug-likeness (QED) is 0.153. The topological polar surface area (TPSA) is 77.3 Å². The van der Waals surface area contributed by atoms with Gasteiger partial charge in [0.25, 0.3) is 5.69 Å². The van der Waals surface area contributed by atoms with Crippen molar-refractivity contribution in [2.45, 2.75) is 0 Å². The zero-order valence-electron chi connectivity index (χ0n) is 10.3. The molecule has 19 heavy (non-hydrogen) atoms. The molecule has 1 aromatic carbocycles. The molecule has 0 aliphatic rings. The lowest BCUT2D eigenvalue weighted by Gasteiger charge is -2.05. The largest absolute Gasteiger partial charge is 0.298 e. The van der Waals surface area contributed by atoms with Gasteiger partial charge in [0, 0.05) is 17.7 Å². The lowest BCUT2D eigenvalue weighted by molar-refractivity contribution is -0.384. The van der Waals surface area contributed by atoms with Gasteiger partial charge in [-0.05, 0) is 24.6 Å². The van der Waals surface area contributed by atoms with Gasteiger partial charge in [0.1, 0.15) is 0 Å². The van der Waals surface area contributed by atoms with Gasteiger partial charge in [0.05, 0.1) is 14.7 Å². The molecule has 1 aromatic rings. The molecule has 100 valence electrons. The third kappa shape index (κ3) is 3.68. The molecule has 0 radical (unpaired) electrons. The highest BCUT2D eigenvalue weighted by atomic mass is 32.2. The van der Waals surface area contributed by atoms with E-state index in [0.29, 0.717) is 10.5 Å². The number of ketones is 1. The summed E-state index contributed by atoms with van der Waals surface area (Å²) in [4.78, 5) is 33.2. The summed E-state index contributed by atoms with van der Waals surface area (Å²) in [5.41, 5.74) is 0.241. The van der Waals surface area contributed by atoms with E-state index in [2.05, 4.69) is 0 Å². The number of aldehydes is 1. The van der Waals surface area contributed by atoms with Crippen molar-refractivity contribution in [3.05, 3.63) is 49.8 Å². The first-order valence-electron chi connectivity index (χ1n) is 5.11. The molecule has 0 saturated heterocycles. The molecule has 0 amide bonds. The predicted octanol–water partition coefficient (Wildman–Crippen LogP) is 2.91. The number of nitro benzene ring substituents is 1. The molecular weight excluding hydrogens is 286 g/mol. The molecule has 0 aliphatic heterocycles. The summed E-state index contributed by atoms with van der Waals surface area (Å²) in [7, 11) is 0. The maximum Gasteiger partial charge on any atom is 0.269 e. The van der Waals surface area contributed by atoms with Crippen LogP contribution in [0.25, 0.3) is 0 Å². The predicted molar refractivity (Wildman–Crippen MR) is 77.5 cm³/mol. The Balaban J connectivity index is 3.15. The Morgan fingerprint density at radius 3 is 2.11 bits per heavy atom. The number of Topliss-reactive ketones (excluding diaryl/α,β-unsaturated/α-hetero) is 1. The molecule has 5 nitrogen and oxygen atoms in total. The Kier molecular flexibility index (Phi) is 5.78. The van der Waals surface area contributed by atoms with Crippen molar-refractivity contribution in [1.82, 2.24) is 0 Å². The summed E-state index contributed by atoms with van der Waals surface area (Å²) >= 11 is 2.63. The van der Waals surface area contributed by atoms with Crippen molar-refractivity contribution < 1.29 is 14.5 Å². The van der Waals surface area contributed by atoms with E-state index in [-0.39, 0.29) is 16.8 Å². The number of non-ortho nitro benzene ring substituents is 1. The maximum atomic E-state index is 12.1. The van der Waals surface area contributed by atoms with Gasteiger partial charge in [-0.3, -0.25) is 19.7 Å². The van der Waals surface area contributed by atoms with E-state index in [1.165, 1.54) is 47.8 Å². The van der Waals surface area contributed by atoms with E-state index in [9.17, 15) is 19.7 Å². The summed E-state index contributed by atoms with van der Waals surface area (Å²) in [6.07, 6.45) is 4.07. The Labute approximate surface area is 118 Å². The molecular formula is C12H11NO4S2. The molecule has 0 aliphatic carbocycles. The number of nitrogens with zero attached hydrogens (tertiary/aromatic N) is 1. The molecule has 0 unspecified atom stereocenters. The molecule has 0 saturated carbocycles. The molecule has 0 heterocycles. The Morgan fingerprint density at radius 1 is 1.21 bits per heavy atom. The van der Waals surface area contributed by atoms with Crippen LogP contribution < -0.4 is 0 Å². The number of hydrogen-bond donors (Lipinski definition) is 0. The molecule has 0 N–H and O–H groups in total. The SMILES string of the molecule is CSC(SC)=C(C=O)C(=O)c1ccc([N+](=O)[O-])cc1. The fraction of sp³-hybridized carbons (Fsp3) is 0.167. The highest BCUT2D eigenvalue weighted by Gasteiger charge is 2.17. The number of carbonyl (C=O) groups excluding carboxylic acids is 2. The second-order valence-electron chi connectivity index (χ2n) is 3.36. The average molecular weight is 297 g/mol. The number of carbonyl (C=O) groups is 2. The fourth-order valence-corrected chi connectivity index (χ4v) is 2.78. The van der Waals surface area contributed by atoms with Crippen LogP contribution in [0.15, 0.2) is 34.1 Å². The monoisotopic (exact) mass is 297 g/mol. The molecule has 7 heteroatoms. The minimum atomic E-state index is -0.542. The van der Waals surface area contributed by atoms with Gasteiger partial charge >= 0.3 is 0 Å². The molecule has 0 spiro atoms. The van der Waals surface area contributed by atoms with Crippen LogP contribution in [-0.2, 0) is 4.79 Å². The number of allylic oxidation sites excluding steroid dienone is 1. The van der Waals surface area contributed by atoms with Gasteiger partial charge in [-0.2, -0.15) is 0 Å². The lowest BCUT2D eigenvalue weighted by atomic mass is 10.1. The first kappa shape index (κ1) is 15.5. The Morgan fingerprint density at radius 2 is 1.74 bits per heavy atom. The summed E-state index contributed by atoms with van der Waals surface area (Å²) in [5, 5.41) is 10.5. The van der Waals surface area contributed by atoms with Gasteiger partial charge < -0.3 is 0 Å². The van der Waals surface area contributed by atoms with Crippen LogP contribution in [0.4, 0.5) is 5.69 Å². The van der Waals surface area contributed by atoms with Crippen molar-refractivity contribution in [3.63, 3.8) is 0 Å². The van der Waals surface area contributed by atoms with E-state index in [1.807, 2.05) is 0 Å². The molecule has 0 fully saturated rings. The van der Waals surface area contributed by atoms with Crippen molar-refractivity contribution in [2.24, 2.45) is 0 Å². The minimum Gasteiger partial charge on any atom is -0.298 e. The highest BCUT2D eigenvalue weighted by Crippen LogP contribution is 2.28. The van der Waals surface area contributed by atoms with E-state index < -0.39 is 10.7 Å². The van der Waals surface area contributed by atoms with E-state index >= 15 is 0 Å². The van der Waals surface area contributed by atoms with E-state index in [0.717, 1.165) is 0 Å². The number of rotatable bonds is 6. The van der Waals surface area contributed by atoms with Crippen LogP contribution in [0.2, 0.25) is 0 Å². The third-order valence-electron chi connectivity index (χ3n) is 2.29. The fourth-order valence-electron chi connectivity index (χ4n) is 1.39. The zero-order chi connectivity index (χ0) is 14.4. The van der Waals surface area contributed by atoms with Gasteiger partial charge in [-0.25, -0.2) is 0 Å². The molecule has 0 aromatic heterocycles. The van der Waals surface area contributed by atoms with Crippen LogP contribution >= 0.6 is 23.5 Å². The van der Waals surface area contributed by atoms with E-state index in [4.69, 9.17) is 0 Å². The van der Waals surface area contributed by atoms with Gasteiger partial charge in [0.2, 0.25) is 0 Å². The normalized spacial score (nSPS) is 9.79. The van der Waals surface area contributed by atoms with Gasteiger partial charge in [-0.15, -0.1) is 23.5 Å². The Hall–Kier alpha value is -1.60. The summed E-state index contributed by atoms with van der Waals surface area (Å²) in [6.45, 7) is 0. The van der Waals surface area contributed by atoms with Crippen LogP contribution in [0.1, 0.15) is 10.4 Å². The summed E-state index contributed by atoms with van der Waals surface area (Å²) in [5.74, 6) is -0.427. The second kappa shape index (κ2) is 7.10. The number of thioether (sulfide) groups is 2. The second-order valence-corrected chi connectivity index (χ2v) is 5.25. The average Bonchev–Trinajstić information content (AvgIpc) is 2.44. The Bertz CT molecular complexity index is 531. The zero-order valence-corrected chi connectivity index (χ0v) is 11.9. The van der Waals surface area contributed by atoms with Crippen molar-refractivity contribution >= 4 is 41.3 Å². The van der Waals surface area contributed by atoms with E-state index in [1.54, 1.807) is 12.5 Å². The van der Waals surface area contributed by atoms with Crippen LogP contribution in [0, 0.1) is 10.1 Å². The maximum absolute atomic E-state index is 12.1. The van der Waals surface area contributed by atoms with Crippen LogP contribution in [0.3, 0.4) is 0 Å². The van der Waals surface area contributed by atoms with Crippen molar-refractivity contribution in [3.8, 4) is 0 Å². The van der Waals surface area contributed by atoms with Crippen LogP contribution in [0.5, 0.6) is 0 Å². The smallest absolute Gasteiger partial charge is 0.269 e. The highest BCUT2D eigenvalue weighted by molar-refractivity contribution is 8.21. The minimum absolute atomic E-state index is 0.0776. The summed E-state index contributed by atoms with van der Waals surface area (Å²) < 4.78 is 0.623. The third-order valence-corrected chi connectivity index (χ3v) is 4.47. The van der Waals surface area contributed by atoms with Gasteiger partial charge in [0.15, 0.2) is 12.1 Å². The van der Waals surface area contributed by atoms with Crippen molar-refractivity contribution in [1.29, 1.82) is 0 Å². The summed E-state index contributed by atoms with van der Waals surface area (Å²) in [6, 6.07) is 5.19. The molecule has 0 bridgehead atoms. The van der Waals surface area contributed by atoms with Crippen molar-refractivity contribution in [2.75, 3.05) is 12.5 Å². The molecule has 0 atom stereocenters. The standard InChI is InChI=1S/C12H11NO4S2/c1-18-12(19-2)10(7-14)11(15)8-3-5-9(6-4-8)13(16)17/h3-7H,1-2H3. The number of benzene rings is 1. The number of nitro groups is 1.